The molecule has 0 unspecified atom stereocenters. The lowest BCUT2D eigenvalue weighted by atomic mass is 9.93. The summed E-state index contributed by atoms with van der Waals surface area (Å²) in [6.45, 7) is 12.4. The predicted molar refractivity (Wildman–Crippen MR) is 138 cm³/mol. The highest BCUT2D eigenvalue weighted by Gasteiger charge is 2.26. The smallest absolute Gasteiger partial charge is 0.419 e. The fourth-order valence-electron chi connectivity index (χ4n) is 3.51. The van der Waals surface area contributed by atoms with E-state index in [0.29, 0.717) is 23.7 Å². The van der Waals surface area contributed by atoms with E-state index in [9.17, 15) is 18.4 Å². The van der Waals surface area contributed by atoms with Crippen molar-refractivity contribution in [1.29, 1.82) is 0 Å². The zero-order chi connectivity index (χ0) is 27.4. The van der Waals surface area contributed by atoms with Crippen LogP contribution in [0.1, 0.15) is 70.4 Å². The number of fused-ring (bicyclic) bond motifs is 1. The zero-order valence-electron chi connectivity index (χ0n) is 22.3. The second-order valence-corrected chi connectivity index (χ2v) is 11.5. The molecule has 1 aromatic heterocycles. The summed E-state index contributed by atoms with van der Waals surface area (Å²) in [4.78, 5) is 26.3. The molecule has 37 heavy (non-hydrogen) atoms. The van der Waals surface area contributed by atoms with E-state index in [4.69, 9.17) is 14.2 Å². The number of rotatable bonds is 8. The monoisotopic (exact) mass is 515 g/mol. The van der Waals surface area contributed by atoms with Gasteiger partial charge in [-0.15, -0.1) is 0 Å². The number of carbonyl (C=O) groups is 2. The molecule has 0 fully saturated rings. The number of carbonyl (C=O) groups excluding carboxylic acids is 2. The lowest BCUT2D eigenvalue weighted by Gasteiger charge is -2.19. The van der Waals surface area contributed by atoms with Gasteiger partial charge < -0.3 is 14.2 Å². The molecule has 0 aliphatic carbocycles. The van der Waals surface area contributed by atoms with Gasteiger partial charge in [-0.2, -0.15) is 0 Å². The van der Waals surface area contributed by atoms with Gasteiger partial charge in [0.2, 0.25) is 0 Å². The molecule has 1 heterocycles. The molecule has 0 aliphatic rings. The van der Waals surface area contributed by atoms with Gasteiger partial charge in [0.25, 0.3) is 0 Å². The first-order valence-electron chi connectivity index (χ1n) is 12.3. The number of hydrogen-bond acceptors (Lipinski definition) is 5. The third-order valence-corrected chi connectivity index (χ3v) is 5.74. The second kappa shape index (κ2) is 11.3. The zero-order valence-corrected chi connectivity index (χ0v) is 22.3. The fraction of sp³-hybridized carbons (Fsp3) is 0.448. The molecule has 0 saturated carbocycles. The molecule has 6 nitrogen and oxygen atoms in total. The number of halogens is 2. The number of para-hydroxylation sites is 1. The Morgan fingerprint density at radius 3 is 2.14 bits per heavy atom. The van der Waals surface area contributed by atoms with Crippen molar-refractivity contribution in [1.82, 2.24) is 4.57 Å². The van der Waals surface area contributed by atoms with Crippen molar-refractivity contribution in [3.63, 3.8) is 0 Å². The van der Waals surface area contributed by atoms with Gasteiger partial charge in [0.05, 0.1) is 13.2 Å². The minimum atomic E-state index is -0.744. The van der Waals surface area contributed by atoms with Crippen LogP contribution in [0.4, 0.5) is 13.6 Å². The summed E-state index contributed by atoms with van der Waals surface area (Å²) in [5.41, 5.74) is 0.366. The van der Waals surface area contributed by atoms with Crippen LogP contribution in [0.15, 0.2) is 42.5 Å². The molecule has 0 spiro atoms. The van der Waals surface area contributed by atoms with Gasteiger partial charge in [0.15, 0.2) is 0 Å². The summed E-state index contributed by atoms with van der Waals surface area (Å²) in [6, 6.07) is 9.79. The first-order chi connectivity index (χ1) is 17.2. The lowest BCUT2D eigenvalue weighted by molar-refractivity contribution is 0.0450. The average molecular weight is 516 g/mol. The number of esters is 1. The largest absolute Gasteiger partial charge is 0.487 e. The minimum absolute atomic E-state index is 0.00804. The summed E-state index contributed by atoms with van der Waals surface area (Å²) in [6.07, 6.45) is 0.523. The number of hydrogen-bond donors (Lipinski definition) is 0. The van der Waals surface area contributed by atoms with Crippen LogP contribution >= 0.6 is 0 Å². The van der Waals surface area contributed by atoms with Gasteiger partial charge in [-0.3, -0.25) is 0 Å². The Kier molecular flexibility index (Phi) is 8.61. The molecule has 200 valence electrons. The van der Waals surface area contributed by atoms with E-state index in [1.165, 1.54) is 6.07 Å². The van der Waals surface area contributed by atoms with Crippen LogP contribution in [-0.2, 0) is 16.1 Å². The SMILES string of the molecule is CC(C)(C)CCOC(=O)c1cc2cccc(OCc3ccc(F)cc3F)c2n1C(=O)OCCC(C)(C)C. The first kappa shape index (κ1) is 28.2. The van der Waals surface area contributed by atoms with Gasteiger partial charge >= 0.3 is 12.1 Å². The van der Waals surface area contributed by atoms with E-state index < -0.39 is 23.7 Å². The van der Waals surface area contributed by atoms with E-state index in [2.05, 4.69) is 0 Å². The summed E-state index contributed by atoms with van der Waals surface area (Å²) >= 11 is 0. The molecule has 0 radical (unpaired) electrons. The maximum Gasteiger partial charge on any atom is 0.419 e. The Bertz CT molecular complexity index is 1270. The molecule has 2 aromatic carbocycles. The summed E-state index contributed by atoms with van der Waals surface area (Å²) in [7, 11) is 0. The van der Waals surface area contributed by atoms with Crippen LogP contribution in [0.5, 0.6) is 5.75 Å². The Balaban J connectivity index is 1.96. The molecule has 0 aliphatic heterocycles. The molecule has 8 heteroatoms. The van der Waals surface area contributed by atoms with Gasteiger partial charge in [0.1, 0.15) is 35.2 Å². The standard InChI is InChI=1S/C29H35F2NO5/c1-28(2,3)12-14-35-26(33)23-16-19-8-7-9-24(37-18-20-10-11-21(30)17-22(20)31)25(19)32(23)27(34)36-15-13-29(4,5)6/h7-11,16-17H,12-15,18H2,1-6H3. The molecule has 0 amide bonds. The molecule has 0 bridgehead atoms. The summed E-state index contributed by atoms with van der Waals surface area (Å²) in [5, 5.41) is 0.549. The van der Waals surface area contributed by atoms with Crippen molar-refractivity contribution in [2.75, 3.05) is 13.2 Å². The van der Waals surface area contributed by atoms with Crippen molar-refractivity contribution in [2.24, 2.45) is 10.8 Å². The normalized spacial score (nSPS) is 12.0. The predicted octanol–water partition coefficient (Wildman–Crippen LogP) is 7.51. The molecular formula is C29H35F2NO5. The van der Waals surface area contributed by atoms with Crippen LogP contribution in [0.2, 0.25) is 0 Å². The topological polar surface area (TPSA) is 66.8 Å². The van der Waals surface area contributed by atoms with Crippen LogP contribution in [0.25, 0.3) is 10.9 Å². The van der Waals surface area contributed by atoms with E-state index >= 15 is 0 Å². The molecule has 0 atom stereocenters. The highest BCUT2D eigenvalue weighted by Crippen LogP contribution is 2.31. The molecule has 3 rings (SSSR count). The van der Waals surface area contributed by atoms with Crippen molar-refractivity contribution < 1.29 is 32.6 Å². The van der Waals surface area contributed by atoms with Crippen LogP contribution in [-0.4, -0.2) is 29.8 Å². The van der Waals surface area contributed by atoms with Gasteiger partial charge in [-0.25, -0.2) is 22.9 Å². The quantitative estimate of drug-likeness (QED) is 0.290. The van der Waals surface area contributed by atoms with Crippen LogP contribution in [0.3, 0.4) is 0 Å². The number of ether oxygens (including phenoxy) is 3. The Hall–Kier alpha value is -3.42. The maximum absolute atomic E-state index is 14.2. The highest BCUT2D eigenvalue weighted by atomic mass is 19.1. The van der Waals surface area contributed by atoms with Crippen molar-refractivity contribution in [2.45, 2.75) is 61.0 Å². The second-order valence-electron chi connectivity index (χ2n) is 11.5. The number of benzene rings is 2. The molecule has 3 aromatic rings. The van der Waals surface area contributed by atoms with Crippen LogP contribution < -0.4 is 4.74 Å². The maximum atomic E-state index is 14.2. The number of nitrogens with zero attached hydrogens (tertiary/aromatic N) is 1. The summed E-state index contributed by atoms with van der Waals surface area (Å²) < 4.78 is 45.5. The van der Waals surface area contributed by atoms with Crippen molar-refractivity contribution in [3.05, 3.63) is 65.4 Å². The van der Waals surface area contributed by atoms with Crippen molar-refractivity contribution >= 4 is 23.0 Å². The van der Waals surface area contributed by atoms with Crippen LogP contribution in [0, 0.1) is 22.5 Å². The van der Waals surface area contributed by atoms with E-state index in [0.717, 1.165) is 16.7 Å². The molecule has 0 saturated heterocycles. The molecule has 0 N–H and O–H groups in total. The lowest BCUT2D eigenvalue weighted by Crippen LogP contribution is -2.23. The molecular weight excluding hydrogens is 480 g/mol. The van der Waals surface area contributed by atoms with E-state index in [-0.39, 0.29) is 47.7 Å². The highest BCUT2D eigenvalue weighted by molar-refractivity contribution is 6.03. The Morgan fingerprint density at radius 2 is 1.51 bits per heavy atom. The van der Waals surface area contributed by atoms with E-state index in [1.807, 2.05) is 41.5 Å². The van der Waals surface area contributed by atoms with Gasteiger partial charge in [-0.05, 0) is 47.9 Å². The Labute approximate surface area is 216 Å². The van der Waals surface area contributed by atoms with E-state index in [1.54, 1.807) is 24.3 Å². The first-order valence-corrected chi connectivity index (χ1v) is 12.3. The summed E-state index contributed by atoms with van der Waals surface area (Å²) in [5.74, 6) is -1.86. The third-order valence-electron chi connectivity index (χ3n) is 5.74. The van der Waals surface area contributed by atoms with Crippen molar-refractivity contribution in [3.8, 4) is 5.75 Å². The fourth-order valence-corrected chi connectivity index (χ4v) is 3.51. The van der Waals surface area contributed by atoms with Gasteiger partial charge in [-0.1, -0.05) is 53.7 Å². The van der Waals surface area contributed by atoms with Gasteiger partial charge in [0, 0.05) is 17.0 Å². The average Bonchev–Trinajstić information content (AvgIpc) is 3.17. The Morgan fingerprint density at radius 1 is 0.865 bits per heavy atom. The number of aromatic nitrogens is 1. The third kappa shape index (κ3) is 7.78. The minimum Gasteiger partial charge on any atom is -0.487 e.